The Kier molecular flexibility index (Phi) is 50.2. The Bertz CT molecular complexity index is 3660. The second kappa shape index (κ2) is 55.9. The second-order valence-electron chi connectivity index (χ2n) is 31.1. The summed E-state index contributed by atoms with van der Waals surface area (Å²) in [6, 6.07) is 14.8. The van der Waals surface area contributed by atoms with Crippen molar-refractivity contribution >= 4 is 68.6 Å². The fourth-order valence-electron chi connectivity index (χ4n) is 10.3. The van der Waals surface area contributed by atoms with E-state index in [1.54, 1.807) is 0 Å². The van der Waals surface area contributed by atoms with Gasteiger partial charge in [-0.2, -0.15) is 0 Å². The molecule has 0 aromatic heterocycles. The van der Waals surface area contributed by atoms with Gasteiger partial charge in [-0.3, -0.25) is 100 Å². The molecule has 0 saturated carbocycles. The number of hydrogen-bond donors (Lipinski definition) is 0. The van der Waals surface area contributed by atoms with E-state index in [-0.39, 0.29) is 117 Å². The van der Waals surface area contributed by atoms with E-state index < -0.39 is 39.4 Å². The molecule has 0 aliphatic carbocycles. The normalized spacial score (nSPS) is 11.3. The van der Waals surface area contributed by atoms with E-state index in [4.69, 9.17) is 28.4 Å². The number of Topliss-reactive ketones (excluding diaryl/α,β-unsaturated/α-hetero) is 4. The number of carbonyl (C=O) groups is 4. The maximum Gasteiger partial charge on any atom is 0.279 e. The lowest BCUT2D eigenvalue weighted by Crippen LogP contribution is -2.11. The molecular formula is C79H118N8O26. The number of ketones is 4. The van der Waals surface area contributed by atoms with Crippen LogP contribution in [0.4, 0.5) is 45.5 Å². The molecule has 34 nitrogen and oxygen atoms in total. The number of nitro benzene ring substituents is 8. The summed E-state index contributed by atoms with van der Waals surface area (Å²) in [5.41, 5.74) is 0.496. The van der Waals surface area contributed by atoms with Crippen molar-refractivity contribution in [2.24, 2.45) is 22.2 Å². The summed E-state index contributed by atoms with van der Waals surface area (Å²) < 4.78 is 33.0. The Hall–Kier alpha value is -9.48. The molecule has 0 spiro atoms. The smallest absolute Gasteiger partial charge is 0.279 e. The van der Waals surface area contributed by atoms with Crippen LogP contribution in [0, 0.1) is 103 Å². The van der Waals surface area contributed by atoms with Crippen molar-refractivity contribution in [1.29, 1.82) is 0 Å². The Morgan fingerprint density at radius 1 is 0.292 bits per heavy atom. The minimum absolute atomic E-state index is 0.0597. The molecule has 113 heavy (non-hydrogen) atoms. The summed E-state index contributed by atoms with van der Waals surface area (Å²) in [5, 5.41) is 87.2. The van der Waals surface area contributed by atoms with Crippen LogP contribution in [0.1, 0.15) is 227 Å². The molecule has 0 aliphatic heterocycles. The quantitative estimate of drug-likeness (QED) is 0.0171. The molecule has 630 valence electrons. The molecule has 4 rings (SSSR count). The first kappa shape index (κ1) is 102. The average Bonchev–Trinajstić information content (AvgIpc) is 0.859. The lowest BCUT2D eigenvalue weighted by molar-refractivity contribution is -0.394. The van der Waals surface area contributed by atoms with Crippen molar-refractivity contribution in [3.05, 3.63) is 176 Å². The van der Waals surface area contributed by atoms with Gasteiger partial charge in [0.25, 0.3) is 45.5 Å². The minimum atomic E-state index is -0.668. The lowest BCUT2D eigenvalue weighted by Gasteiger charge is -2.17. The molecule has 0 unspecified atom stereocenters. The van der Waals surface area contributed by atoms with E-state index in [0.717, 1.165) is 69.2 Å². The largest absolute Gasteiger partial charge is 0.381 e. The highest BCUT2D eigenvalue weighted by Crippen LogP contribution is 2.31. The topological polar surface area (TPSA) is 469 Å². The Balaban J connectivity index is 0.000000768. The molecule has 0 fully saturated rings. The number of carbonyl (C=O) groups excluding carboxylic acids is 4. The third kappa shape index (κ3) is 50.3. The van der Waals surface area contributed by atoms with Gasteiger partial charge in [0.05, 0.1) is 83.1 Å². The van der Waals surface area contributed by atoms with Crippen LogP contribution in [0.25, 0.3) is 0 Å². The predicted molar refractivity (Wildman–Crippen MR) is 424 cm³/mol. The fraction of sp³-hybridized carbons (Fsp3) is 0.646. The summed E-state index contributed by atoms with van der Waals surface area (Å²) in [6.07, 6.45) is 13.2. The number of ether oxygens (including phenoxy) is 6. The molecule has 4 aromatic carbocycles. The zero-order chi connectivity index (χ0) is 85.1. The summed E-state index contributed by atoms with van der Waals surface area (Å²) in [6.45, 7) is 30.0. The Labute approximate surface area is 660 Å². The van der Waals surface area contributed by atoms with Gasteiger partial charge in [-0.25, -0.2) is 0 Å². The average molecular weight is 1600 g/mol. The van der Waals surface area contributed by atoms with Crippen molar-refractivity contribution in [2.45, 2.75) is 230 Å². The first-order valence-corrected chi connectivity index (χ1v) is 38.3. The van der Waals surface area contributed by atoms with Gasteiger partial charge in [0.2, 0.25) is 0 Å². The first-order chi connectivity index (χ1) is 53.1. The zero-order valence-corrected chi connectivity index (χ0v) is 67.7. The summed E-state index contributed by atoms with van der Waals surface area (Å²) in [7, 11) is 0. The van der Waals surface area contributed by atoms with Gasteiger partial charge in [-0.1, -0.05) is 76.2 Å². The maximum absolute atomic E-state index is 11.9. The molecule has 0 N–H and O–H groups in total. The number of benzene rings is 4. The van der Waals surface area contributed by atoms with Gasteiger partial charge in [0.1, 0.15) is 23.1 Å². The third-order valence-corrected chi connectivity index (χ3v) is 17.0. The Morgan fingerprint density at radius 2 is 0.531 bits per heavy atom. The van der Waals surface area contributed by atoms with Crippen LogP contribution in [-0.4, -0.2) is 142 Å². The SMILES string of the molecule is CC(C)(C)CCOCCCCC(=O)CC(=O)CCOCCCCc1ccc([N+](=O)[O-])cc1[N+](=O)[O-].CC(C)(C)CCOCCCCc1ccc([N+](=O)[O-])cc1[N+](=O)[O-].CC(C)(C)CCOCCCc1ccc([N+](=O)[O-])cc1[N+](=O)[O-].CC(C)CCOCCCC(=O)CC(=O)CCCOCCCc1ccc([N+](=O)[O-])cc1[N+](=O)[O-]. The molecule has 0 atom stereocenters. The highest BCUT2D eigenvalue weighted by atomic mass is 16.7. The molecular weight excluding hydrogens is 1480 g/mol. The molecule has 34 heteroatoms. The van der Waals surface area contributed by atoms with Crippen molar-refractivity contribution in [3.8, 4) is 0 Å². The van der Waals surface area contributed by atoms with Crippen LogP contribution >= 0.6 is 0 Å². The van der Waals surface area contributed by atoms with Gasteiger partial charge in [0.15, 0.2) is 0 Å². The molecule has 4 aromatic rings. The van der Waals surface area contributed by atoms with Crippen LogP contribution < -0.4 is 0 Å². The number of non-ortho nitro benzene ring substituents is 4. The molecule has 0 amide bonds. The summed E-state index contributed by atoms with van der Waals surface area (Å²) in [5.74, 6) is 0.209. The van der Waals surface area contributed by atoms with E-state index in [1.165, 1.54) is 48.5 Å². The van der Waals surface area contributed by atoms with E-state index in [0.29, 0.717) is 184 Å². The number of nitrogens with zero attached hydrogens (tertiary/aromatic N) is 8. The van der Waals surface area contributed by atoms with E-state index in [2.05, 4.69) is 76.2 Å². The Morgan fingerprint density at radius 3 is 0.814 bits per heavy atom. The van der Waals surface area contributed by atoms with Crippen LogP contribution in [0.5, 0.6) is 0 Å². The first-order valence-electron chi connectivity index (χ1n) is 38.3. The van der Waals surface area contributed by atoms with Crippen molar-refractivity contribution in [3.63, 3.8) is 0 Å². The lowest BCUT2D eigenvalue weighted by atomic mass is 9.93. The van der Waals surface area contributed by atoms with Crippen molar-refractivity contribution in [1.82, 2.24) is 0 Å². The van der Waals surface area contributed by atoms with Crippen LogP contribution in [0.3, 0.4) is 0 Å². The van der Waals surface area contributed by atoms with Gasteiger partial charge in [-0.15, -0.1) is 0 Å². The standard InChI is InChI=1S/C25H38N2O8.C23H34N2O8.C16H24N2O5.C15H22N2O5/c1-25(2,3)13-17-35-15-7-5-9-22(28)19-23(29)12-16-34-14-6-4-8-20-10-11-21(26(30)31)18-24(20)27(32)33;1-18(2)11-15-33-14-5-8-22(27)17-21(26)7-4-13-32-12-3-6-19-9-10-20(24(28)29)16-23(19)25(30)31;1-16(2,3)9-11-23-10-5-4-6-13-7-8-14(17(19)20)12-15(13)18(21)22;1-15(2,3)8-10-22-9-4-5-12-6-7-13(16(18)19)11-14(12)17(20)21/h10-11,18H,4-9,12-17,19H2,1-3H3;9-10,16,18H,3-8,11-15,17H2,1-2H3;7-8,12H,4-6,9-11H2,1-3H3;6-7,11H,4-5,8-10H2,1-3H3. The van der Waals surface area contributed by atoms with E-state index in [9.17, 15) is 100 Å². The van der Waals surface area contributed by atoms with Crippen molar-refractivity contribution in [2.75, 3.05) is 79.3 Å². The highest BCUT2D eigenvalue weighted by Gasteiger charge is 2.24. The van der Waals surface area contributed by atoms with Crippen molar-refractivity contribution < 1.29 is 87.0 Å². The number of nitro groups is 8. The summed E-state index contributed by atoms with van der Waals surface area (Å²) in [4.78, 5) is 130. The number of aryl methyl sites for hydroxylation is 4. The van der Waals surface area contributed by atoms with E-state index >= 15 is 0 Å². The highest BCUT2D eigenvalue weighted by molar-refractivity contribution is 5.99. The fourth-order valence-corrected chi connectivity index (χ4v) is 10.3. The zero-order valence-electron chi connectivity index (χ0n) is 67.7. The van der Waals surface area contributed by atoms with Gasteiger partial charge >= 0.3 is 0 Å². The minimum Gasteiger partial charge on any atom is -0.381 e. The molecule has 0 aliphatic rings. The predicted octanol–water partition coefficient (Wildman–Crippen LogP) is 18.2. The second-order valence-corrected chi connectivity index (χ2v) is 31.1. The molecule has 0 heterocycles. The van der Waals surface area contributed by atoms with Gasteiger partial charge < -0.3 is 28.4 Å². The van der Waals surface area contributed by atoms with Crippen LogP contribution in [0.2, 0.25) is 0 Å². The summed E-state index contributed by atoms with van der Waals surface area (Å²) >= 11 is 0. The number of hydrogen-bond acceptors (Lipinski definition) is 26. The van der Waals surface area contributed by atoms with Crippen LogP contribution in [-0.2, 0) is 73.3 Å². The van der Waals surface area contributed by atoms with Gasteiger partial charge in [0, 0.05) is 145 Å². The van der Waals surface area contributed by atoms with Gasteiger partial charge in [-0.05, 0) is 162 Å². The molecule has 0 radical (unpaired) electrons. The number of rotatable bonds is 55. The third-order valence-electron chi connectivity index (χ3n) is 17.0. The van der Waals surface area contributed by atoms with E-state index in [1.807, 2.05) is 0 Å². The molecule has 0 saturated heterocycles. The molecule has 0 bridgehead atoms. The monoisotopic (exact) mass is 1590 g/mol. The maximum atomic E-state index is 11.9. The van der Waals surface area contributed by atoms with Crippen LogP contribution in [0.15, 0.2) is 72.8 Å². The number of unbranched alkanes of at least 4 members (excludes halogenated alkanes) is 3.